The van der Waals surface area contributed by atoms with E-state index in [9.17, 15) is 5.11 Å². The molecule has 3 nitrogen and oxygen atoms in total. The molecule has 0 saturated carbocycles. The molecule has 2 rings (SSSR count). The molecule has 0 aliphatic carbocycles. The molecule has 1 N–H and O–H groups in total. The summed E-state index contributed by atoms with van der Waals surface area (Å²) < 4.78 is 5.52. The van der Waals surface area contributed by atoms with Gasteiger partial charge in [0.15, 0.2) is 0 Å². The first-order chi connectivity index (χ1) is 8.68. The number of anilines is 1. The molecule has 0 bridgehead atoms. The van der Waals surface area contributed by atoms with Crippen molar-refractivity contribution in [3.8, 4) is 0 Å². The molecule has 1 aromatic carbocycles. The third-order valence-corrected chi connectivity index (χ3v) is 3.58. The highest BCUT2D eigenvalue weighted by Crippen LogP contribution is 2.26. The summed E-state index contributed by atoms with van der Waals surface area (Å²) in [5, 5.41) is 9.81. The smallest absolute Gasteiger partial charge is 0.0781 e. The average Bonchev–Trinajstić information content (AvgIpc) is 2.40. The Balaban J connectivity index is 2.05. The van der Waals surface area contributed by atoms with Crippen LogP contribution in [0.5, 0.6) is 0 Å². The first kappa shape index (κ1) is 13.4. The Hall–Kier alpha value is -1.06. The second kappa shape index (κ2) is 6.21. The van der Waals surface area contributed by atoms with Crippen LogP contribution >= 0.6 is 0 Å². The van der Waals surface area contributed by atoms with E-state index in [-0.39, 0.29) is 0 Å². The summed E-state index contributed by atoms with van der Waals surface area (Å²) in [5.41, 5.74) is 2.12. The van der Waals surface area contributed by atoms with Gasteiger partial charge in [-0.25, -0.2) is 0 Å². The fourth-order valence-corrected chi connectivity index (χ4v) is 2.63. The topological polar surface area (TPSA) is 32.7 Å². The zero-order chi connectivity index (χ0) is 13.0. The molecule has 1 heterocycles. The van der Waals surface area contributed by atoms with E-state index in [1.54, 1.807) is 0 Å². The van der Waals surface area contributed by atoms with Crippen molar-refractivity contribution in [2.45, 2.75) is 25.9 Å². The van der Waals surface area contributed by atoms with Gasteiger partial charge in [-0.3, -0.25) is 0 Å². The van der Waals surface area contributed by atoms with Crippen LogP contribution in [-0.4, -0.2) is 31.9 Å². The summed E-state index contributed by atoms with van der Waals surface area (Å²) in [6.07, 6.45) is 1.98. The van der Waals surface area contributed by atoms with Gasteiger partial charge in [-0.2, -0.15) is 0 Å². The summed E-state index contributed by atoms with van der Waals surface area (Å²) in [7, 11) is 2.09. The van der Waals surface area contributed by atoms with Crippen molar-refractivity contribution >= 4 is 5.69 Å². The monoisotopic (exact) mass is 249 g/mol. The molecule has 2 unspecified atom stereocenters. The van der Waals surface area contributed by atoms with Gasteiger partial charge in [0.2, 0.25) is 0 Å². The van der Waals surface area contributed by atoms with Gasteiger partial charge in [-0.15, -0.1) is 0 Å². The van der Waals surface area contributed by atoms with Gasteiger partial charge in [0.05, 0.1) is 12.7 Å². The van der Waals surface area contributed by atoms with Crippen molar-refractivity contribution in [1.29, 1.82) is 0 Å². The maximum absolute atomic E-state index is 9.81. The van der Waals surface area contributed by atoms with Gasteiger partial charge >= 0.3 is 0 Å². The van der Waals surface area contributed by atoms with Crippen molar-refractivity contribution in [1.82, 2.24) is 0 Å². The summed E-state index contributed by atoms with van der Waals surface area (Å²) in [6, 6.07) is 8.07. The zero-order valence-corrected chi connectivity index (χ0v) is 11.3. The van der Waals surface area contributed by atoms with E-state index in [2.05, 4.69) is 18.0 Å². The van der Waals surface area contributed by atoms with Gasteiger partial charge in [0.1, 0.15) is 0 Å². The molecule has 0 aromatic heterocycles. The number of ether oxygens (including phenoxy) is 1. The Morgan fingerprint density at radius 2 is 2.22 bits per heavy atom. The first-order valence-corrected chi connectivity index (χ1v) is 6.74. The van der Waals surface area contributed by atoms with E-state index in [0.717, 1.165) is 37.4 Å². The highest BCUT2D eigenvalue weighted by atomic mass is 16.5. The second-order valence-electron chi connectivity index (χ2n) is 5.20. The molecule has 1 saturated heterocycles. The van der Waals surface area contributed by atoms with Crippen molar-refractivity contribution in [2.24, 2.45) is 5.92 Å². The number of hydrogen-bond donors (Lipinski definition) is 1. The molecule has 2 atom stereocenters. The van der Waals surface area contributed by atoms with Gasteiger partial charge in [0, 0.05) is 31.5 Å². The lowest BCUT2D eigenvalue weighted by Gasteiger charge is -2.30. The van der Waals surface area contributed by atoms with Gasteiger partial charge in [-0.1, -0.05) is 18.2 Å². The minimum atomic E-state index is -0.425. The Morgan fingerprint density at radius 3 is 2.89 bits per heavy atom. The number of aliphatic hydroxyl groups excluding tert-OH is 1. The molecule has 1 aliphatic rings. The molecule has 100 valence electrons. The Morgan fingerprint density at radius 1 is 1.44 bits per heavy atom. The maximum atomic E-state index is 9.81. The van der Waals surface area contributed by atoms with E-state index in [0.29, 0.717) is 5.92 Å². The quantitative estimate of drug-likeness (QED) is 0.890. The number of rotatable bonds is 4. The fraction of sp³-hybridized carbons (Fsp3) is 0.600. The van der Waals surface area contributed by atoms with Gasteiger partial charge < -0.3 is 14.7 Å². The number of para-hydroxylation sites is 1. The largest absolute Gasteiger partial charge is 0.389 e. The first-order valence-electron chi connectivity index (χ1n) is 6.74. The van der Waals surface area contributed by atoms with E-state index < -0.39 is 6.10 Å². The average molecular weight is 249 g/mol. The number of hydrogen-bond acceptors (Lipinski definition) is 3. The highest BCUT2D eigenvalue weighted by molar-refractivity contribution is 5.53. The summed E-state index contributed by atoms with van der Waals surface area (Å²) in [6.45, 7) is 4.58. The van der Waals surface area contributed by atoms with Crippen molar-refractivity contribution in [3.63, 3.8) is 0 Å². The van der Waals surface area contributed by atoms with E-state index in [1.807, 2.05) is 25.1 Å². The van der Waals surface area contributed by atoms with Gasteiger partial charge in [-0.05, 0) is 31.7 Å². The third kappa shape index (κ3) is 3.24. The molecule has 1 aliphatic heterocycles. The minimum absolute atomic E-state index is 0.425. The van der Waals surface area contributed by atoms with Crippen LogP contribution in [-0.2, 0) is 4.74 Å². The number of nitrogens with zero attached hydrogens (tertiary/aromatic N) is 1. The normalized spacial score (nSPS) is 21.6. The SMILES string of the molecule is CC(O)c1ccccc1N(C)CC1CCCOC1. The van der Waals surface area contributed by atoms with E-state index >= 15 is 0 Å². The fourth-order valence-electron chi connectivity index (χ4n) is 2.63. The van der Waals surface area contributed by atoms with Crippen LogP contribution in [0, 0.1) is 5.92 Å². The van der Waals surface area contributed by atoms with Crippen LogP contribution in [0.25, 0.3) is 0 Å². The molecule has 18 heavy (non-hydrogen) atoms. The lowest BCUT2D eigenvalue weighted by Crippen LogP contribution is -2.31. The molecular weight excluding hydrogens is 226 g/mol. The molecule has 1 aromatic rings. The van der Waals surface area contributed by atoms with Crippen molar-refractivity contribution in [3.05, 3.63) is 29.8 Å². The Kier molecular flexibility index (Phi) is 4.61. The predicted octanol–water partition coefficient (Wildman–Crippen LogP) is 2.60. The van der Waals surface area contributed by atoms with Crippen LogP contribution in [0.4, 0.5) is 5.69 Å². The second-order valence-corrected chi connectivity index (χ2v) is 5.20. The molecule has 3 heteroatoms. The van der Waals surface area contributed by atoms with Crippen LogP contribution in [0.2, 0.25) is 0 Å². The minimum Gasteiger partial charge on any atom is -0.389 e. The third-order valence-electron chi connectivity index (χ3n) is 3.58. The van der Waals surface area contributed by atoms with Crippen LogP contribution in [0.3, 0.4) is 0 Å². The van der Waals surface area contributed by atoms with E-state index in [4.69, 9.17) is 4.74 Å². The summed E-state index contributed by atoms with van der Waals surface area (Å²) >= 11 is 0. The Bertz CT molecular complexity index is 373. The molecule has 0 radical (unpaired) electrons. The van der Waals surface area contributed by atoms with Crippen molar-refractivity contribution < 1.29 is 9.84 Å². The maximum Gasteiger partial charge on any atom is 0.0781 e. The molecule has 0 spiro atoms. The molecule has 0 amide bonds. The van der Waals surface area contributed by atoms with Crippen LogP contribution in [0.1, 0.15) is 31.4 Å². The zero-order valence-electron chi connectivity index (χ0n) is 11.3. The Labute approximate surface area is 109 Å². The predicted molar refractivity (Wildman–Crippen MR) is 73.9 cm³/mol. The number of benzene rings is 1. The lowest BCUT2D eigenvalue weighted by molar-refractivity contribution is 0.0576. The standard InChI is InChI=1S/C15H23NO2/c1-12(17)14-7-3-4-8-15(14)16(2)10-13-6-5-9-18-11-13/h3-4,7-8,12-13,17H,5-6,9-11H2,1-2H3. The summed E-state index contributed by atoms with van der Waals surface area (Å²) in [4.78, 5) is 2.24. The van der Waals surface area contributed by atoms with Crippen LogP contribution in [0.15, 0.2) is 24.3 Å². The van der Waals surface area contributed by atoms with Crippen LogP contribution < -0.4 is 4.90 Å². The van der Waals surface area contributed by atoms with Gasteiger partial charge in [0.25, 0.3) is 0 Å². The lowest BCUT2D eigenvalue weighted by atomic mass is 10.0. The molecular formula is C15H23NO2. The van der Waals surface area contributed by atoms with Crippen molar-refractivity contribution in [2.75, 3.05) is 31.7 Å². The summed E-state index contributed by atoms with van der Waals surface area (Å²) in [5.74, 6) is 0.603. The number of aliphatic hydroxyl groups is 1. The molecule has 1 fully saturated rings. The highest BCUT2D eigenvalue weighted by Gasteiger charge is 2.18. The van der Waals surface area contributed by atoms with E-state index in [1.165, 1.54) is 6.42 Å².